The molecule has 0 bridgehead atoms. The van der Waals surface area contributed by atoms with E-state index in [1.54, 1.807) is 24.3 Å². The van der Waals surface area contributed by atoms with Crippen molar-refractivity contribution in [2.75, 3.05) is 19.8 Å². The molecule has 4 nitrogen and oxygen atoms in total. The molecule has 0 amide bonds. The molecule has 0 aromatic heterocycles. The molecule has 88 valence electrons. The zero-order valence-electron chi connectivity index (χ0n) is 9.31. The van der Waals surface area contributed by atoms with Gasteiger partial charge in [0.05, 0.1) is 13.0 Å². The van der Waals surface area contributed by atoms with Gasteiger partial charge < -0.3 is 14.6 Å². The largest absolute Gasteiger partial charge is 0.491 e. The fraction of sp³-hybridized carbons (Fsp3) is 0.417. The summed E-state index contributed by atoms with van der Waals surface area (Å²) in [6, 6.07) is 7.04. The van der Waals surface area contributed by atoms with Crippen LogP contribution >= 0.6 is 0 Å². The summed E-state index contributed by atoms with van der Waals surface area (Å²) in [5.41, 5.74) is 0.768. The number of hydrogen-bond acceptors (Lipinski definition) is 3. The molecule has 1 aromatic carbocycles. The minimum atomic E-state index is -0.829. The van der Waals surface area contributed by atoms with Crippen molar-refractivity contribution in [1.29, 1.82) is 0 Å². The van der Waals surface area contributed by atoms with Gasteiger partial charge in [0.2, 0.25) is 0 Å². The first-order valence-corrected chi connectivity index (χ1v) is 5.23. The predicted octanol–water partition coefficient (Wildman–Crippen LogP) is 1.73. The molecule has 0 spiro atoms. The Morgan fingerprint density at radius 3 is 2.50 bits per heavy atom. The van der Waals surface area contributed by atoms with E-state index in [1.165, 1.54) is 0 Å². The Morgan fingerprint density at radius 2 is 1.94 bits per heavy atom. The highest BCUT2D eigenvalue weighted by atomic mass is 16.5. The molecule has 0 aliphatic heterocycles. The van der Waals surface area contributed by atoms with Crippen LogP contribution in [0.2, 0.25) is 0 Å². The van der Waals surface area contributed by atoms with E-state index < -0.39 is 5.97 Å². The van der Waals surface area contributed by atoms with Gasteiger partial charge in [-0.3, -0.25) is 4.79 Å². The molecular weight excluding hydrogens is 208 g/mol. The molecule has 1 rings (SSSR count). The van der Waals surface area contributed by atoms with Gasteiger partial charge in [0.1, 0.15) is 12.4 Å². The molecule has 0 aliphatic rings. The Hall–Kier alpha value is -1.55. The van der Waals surface area contributed by atoms with Gasteiger partial charge in [-0.05, 0) is 24.6 Å². The maximum absolute atomic E-state index is 10.4. The molecule has 0 saturated carbocycles. The van der Waals surface area contributed by atoms with Gasteiger partial charge in [-0.1, -0.05) is 12.1 Å². The van der Waals surface area contributed by atoms with Gasteiger partial charge in [0.15, 0.2) is 0 Å². The predicted molar refractivity (Wildman–Crippen MR) is 59.8 cm³/mol. The molecule has 4 heteroatoms. The average molecular weight is 224 g/mol. The fourth-order valence-electron chi connectivity index (χ4n) is 1.24. The van der Waals surface area contributed by atoms with E-state index >= 15 is 0 Å². The maximum atomic E-state index is 10.4. The summed E-state index contributed by atoms with van der Waals surface area (Å²) in [6.07, 6.45) is 0.0409. The van der Waals surface area contributed by atoms with E-state index in [9.17, 15) is 4.79 Å². The van der Waals surface area contributed by atoms with Crippen molar-refractivity contribution < 1.29 is 19.4 Å². The topological polar surface area (TPSA) is 55.8 Å². The Morgan fingerprint density at radius 1 is 1.25 bits per heavy atom. The number of carbonyl (C=O) groups is 1. The SMILES string of the molecule is CCOCCOc1ccc(CC(=O)O)cc1. The standard InChI is InChI=1S/C12H16O4/c1-2-15-7-8-16-11-5-3-10(4-6-11)9-12(13)14/h3-6H,2,7-9H2,1H3,(H,13,14). The van der Waals surface area contributed by atoms with Crippen molar-refractivity contribution in [3.8, 4) is 5.75 Å². The van der Waals surface area contributed by atoms with Crippen molar-refractivity contribution in [3.05, 3.63) is 29.8 Å². The minimum absolute atomic E-state index is 0.0409. The Balaban J connectivity index is 2.36. The summed E-state index contributed by atoms with van der Waals surface area (Å²) in [5.74, 6) is -0.0983. The lowest BCUT2D eigenvalue weighted by atomic mass is 10.1. The Kier molecular flexibility index (Phi) is 5.36. The van der Waals surface area contributed by atoms with Crippen LogP contribution in [0.3, 0.4) is 0 Å². The summed E-state index contributed by atoms with van der Waals surface area (Å²) in [4.78, 5) is 10.4. The Labute approximate surface area is 94.8 Å². The number of benzene rings is 1. The summed E-state index contributed by atoms with van der Waals surface area (Å²) >= 11 is 0. The molecule has 1 aromatic rings. The highest BCUT2D eigenvalue weighted by molar-refractivity contribution is 5.70. The van der Waals surface area contributed by atoms with Gasteiger partial charge in [-0.15, -0.1) is 0 Å². The fourth-order valence-corrected chi connectivity index (χ4v) is 1.24. The third-order valence-corrected chi connectivity index (χ3v) is 1.98. The van der Waals surface area contributed by atoms with E-state index in [4.69, 9.17) is 14.6 Å². The van der Waals surface area contributed by atoms with E-state index in [1.807, 2.05) is 6.92 Å². The highest BCUT2D eigenvalue weighted by Gasteiger charge is 2.00. The van der Waals surface area contributed by atoms with Crippen LogP contribution in [0.5, 0.6) is 5.75 Å². The van der Waals surface area contributed by atoms with E-state index in [0.717, 1.165) is 11.3 Å². The molecule has 0 aliphatic carbocycles. The van der Waals surface area contributed by atoms with Gasteiger partial charge in [0, 0.05) is 6.61 Å². The van der Waals surface area contributed by atoms with Gasteiger partial charge in [-0.2, -0.15) is 0 Å². The first kappa shape index (κ1) is 12.5. The molecule has 0 radical (unpaired) electrons. The summed E-state index contributed by atoms with van der Waals surface area (Å²) in [6.45, 7) is 3.68. The molecule has 0 heterocycles. The quantitative estimate of drug-likeness (QED) is 0.716. The average Bonchev–Trinajstić information content (AvgIpc) is 2.26. The molecule has 0 fully saturated rings. The molecular formula is C12H16O4. The highest BCUT2D eigenvalue weighted by Crippen LogP contribution is 2.12. The summed E-state index contributed by atoms with van der Waals surface area (Å²) in [5, 5.41) is 8.59. The monoisotopic (exact) mass is 224 g/mol. The van der Waals surface area contributed by atoms with Gasteiger partial charge in [-0.25, -0.2) is 0 Å². The summed E-state index contributed by atoms with van der Waals surface area (Å²) < 4.78 is 10.5. The smallest absolute Gasteiger partial charge is 0.307 e. The molecule has 1 N–H and O–H groups in total. The second kappa shape index (κ2) is 6.85. The zero-order chi connectivity index (χ0) is 11.8. The number of ether oxygens (including phenoxy) is 2. The lowest BCUT2D eigenvalue weighted by Gasteiger charge is -2.06. The van der Waals surface area contributed by atoms with Gasteiger partial charge in [0.25, 0.3) is 0 Å². The number of rotatable bonds is 7. The lowest BCUT2D eigenvalue weighted by Crippen LogP contribution is -2.06. The minimum Gasteiger partial charge on any atom is -0.491 e. The van der Waals surface area contributed by atoms with Crippen LogP contribution in [-0.2, 0) is 16.0 Å². The first-order valence-electron chi connectivity index (χ1n) is 5.23. The number of aliphatic carboxylic acids is 1. The van der Waals surface area contributed by atoms with Gasteiger partial charge >= 0.3 is 5.97 Å². The lowest BCUT2D eigenvalue weighted by molar-refractivity contribution is -0.136. The molecule has 0 saturated heterocycles. The second-order valence-corrected chi connectivity index (χ2v) is 3.26. The van der Waals surface area contributed by atoms with Crippen LogP contribution in [0.1, 0.15) is 12.5 Å². The van der Waals surface area contributed by atoms with E-state index in [2.05, 4.69) is 0 Å². The van der Waals surface area contributed by atoms with Crippen LogP contribution in [0.4, 0.5) is 0 Å². The van der Waals surface area contributed by atoms with Crippen LogP contribution < -0.4 is 4.74 Å². The van der Waals surface area contributed by atoms with Crippen LogP contribution in [0, 0.1) is 0 Å². The molecule has 16 heavy (non-hydrogen) atoms. The van der Waals surface area contributed by atoms with Crippen molar-refractivity contribution in [3.63, 3.8) is 0 Å². The number of hydrogen-bond donors (Lipinski definition) is 1. The normalized spacial score (nSPS) is 10.1. The van der Waals surface area contributed by atoms with Crippen molar-refractivity contribution >= 4 is 5.97 Å². The number of carboxylic acids is 1. The van der Waals surface area contributed by atoms with Crippen molar-refractivity contribution in [1.82, 2.24) is 0 Å². The second-order valence-electron chi connectivity index (χ2n) is 3.26. The third kappa shape index (κ3) is 4.79. The van der Waals surface area contributed by atoms with Crippen molar-refractivity contribution in [2.45, 2.75) is 13.3 Å². The maximum Gasteiger partial charge on any atom is 0.307 e. The van der Waals surface area contributed by atoms with E-state index in [0.29, 0.717) is 19.8 Å². The van der Waals surface area contributed by atoms with E-state index in [-0.39, 0.29) is 6.42 Å². The zero-order valence-corrected chi connectivity index (χ0v) is 9.31. The van der Waals surface area contributed by atoms with Crippen molar-refractivity contribution in [2.24, 2.45) is 0 Å². The van der Waals surface area contributed by atoms with Crippen LogP contribution in [0.25, 0.3) is 0 Å². The number of carboxylic acid groups (broad SMARTS) is 1. The van der Waals surface area contributed by atoms with Crippen LogP contribution in [-0.4, -0.2) is 30.9 Å². The van der Waals surface area contributed by atoms with Crippen LogP contribution in [0.15, 0.2) is 24.3 Å². The Bertz CT molecular complexity index is 318. The first-order chi connectivity index (χ1) is 7.72. The molecule has 0 atom stereocenters. The third-order valence-electron chi connectivity index (χ3n) is 1.98. The summed E-state index contributed by atoms with van der Waals surface area (Å²) in [7, 11) is 0. The molecule has 0 unspecified atom stereocenters.